The van der Waals surface area contributed by atoms with Crippen LogP contribution in [0.15, 0.2) is 53.4 Å². The van der Waals surface area contributed by atoms with Crippen molar-refractivity contribution in [3.8, 4) is 0 Å². The minimum atomic E-state index is 0.204. The van der Waals surface area contributed by atoms with Gasteiger partial charge in [-0.2, -0.15) is 0 Å². The largest absolute Gasteiger partial charge is 0.294 e. The zero-order valence-corrected chi connectivity index (χ0v) is 12.2. The van der Waals surface area contributed by atoms with Gasteiger partial charge in [-0.05, 0) is 24.6 Å². The first kappa shape index (κ1) is 13.9. The molecule has 0 radical (unpaired) electrons. The molecular formula is C17H18OS. The summed E-state index contributed by atoms with van der Waals surface area (Å²) in [5.41, 5.74) is 3.43. The molecule has 0 spiro atoms. The lowest BCUT2D eigenvalue weighted by atomic mass is 10.1. The number of hydrogen-bond acceptors (Lipinski definition) is 2. The van der Waals surface area contributed by atoms with Crippen LogP contribution < -0.4 is 0 Å². The number of thioether (sulfide) groups is 1. The van der Waals surface area contributed by atoms with Crippen LogP contribution in [0, 0.1) is 6.92 Å². The SMILES string of the molecule is CCC(=O)c1ccc(SCc2cccc(C)c2)cc1. The third-order valence-electron chi connectivity index (χ3n) is 2.99. The molecule has 2 aromatic rings. The van der Waals surface area contributed by atoms with E-state index in [4.69, 9.17) is 0 Å². The molecule has 1 nitrogen and oxygen atoms in total. The van der Waals surface area contributed by atoms with Crippen LogP contribution >= 0.6 is 11.8 Å². The Hall–Kier alpha value is -1.54. The van der Waals surface area contributed by atoms with Gasteiger partial charge < -0.3 is 0 Å². The fourth-order valence-corrected chi connectivity index (χ4v) is 2.75. The molecule has 0 bridgehead atoms. The van der Waals surface area contributed by atoms with Crippen molar-refractivity contribution in [1.29, 1.82) is 0 Å². The smallest absolute Gasteiger partial charge is 0.162 e. The summed E-state index contributed by atoms with van der Waals surface area (Å²) >= 11 is 1.80. The van der Waals surface area contributed by atoms with Crippen LogP contribution in [-0.4, -0.2) is 5.78 Å². The van der Waals surface area contributed by atoms with E-state index in [1.54, 1.807) is 11.8 Å². The van der Waals surface area contributed by atoms with Gasteiger partial charge in [0.1, 0.15) is 0 Å². The molecule has 0 aromatic heterocycles. The van der Waals surface area contributed by atoms with E-state index in [1.807, 2.05) is 31.2 Å². The van der Waals surface area contributed by atoms with Gasteiger partial charge in [-0.25, -0.2) is 0 Å². The summed E-state index contributed by atoms with van der Waals surface area (Å²) < 4.78 is 0. The van der Waals surface area contributed by atoms with Crippen LogP contribution in [0.1, 0.15) is 34.8 Å². The monoisotopic (exact) mass is 270 g/mol. The topological polar surface area (TPSA) is 17.1 Å². The van der Waals surface area contributed by atoms with E-state index in [2.05, 4.69) is 31.2 Å². The van der Waals surface area contributed by atoms with Gasteiger partial charge in [-0.15, -0.1) is 11.8 Å². The Kier molecular flexibility index (Phi) is 4.80. The van der Waals surface area contributed by atoms with Gasteiger partial charge in [0.05, 0.1) is 0 Å². The molecule has 0 aliphatic heterocycles. The highest BCUT2D eigenvalue weighted by Gasteiger charge is 2.03. The number of ketones is 1. The van der Waals surface area contributed by atoms with Crippen molar-refractivity contribution >= 4 is 17.5 Å². The van der Waals surface area contributed by atoms with Crippen molar-refractivity contribution in [2.24, 2.45) is 0 Å². The lowest BCUT2D eigenvalue weighted by Gasteiger charge is -2.04. The van der Waals surface area contributed by atoms with Gasteiger partial charge in [-0.1, -0.05) is 48.9 Å². The van der Waals surface area contributed by atoms with E-state index in [1.165, 1.54) is 16.0 Å². The second-order valence-electron chi connectivity index (χ2n) is 4.58. The lowest BCUT2D eigenvalue weighted by molar-refractivity contribution is 0.0988. The van der Waals surface area contributed by atoms with Crippen molar-refractivity contribution in [3.05, 3.63) is 65.2 Å². The summed E-state index contributed by atoms with van der Waals surface area (Å²) in [6, 6.07) is 16.5. The minimum Gasteiger partial charge on any atom is -0.294 e. The maximum absolute atomic E-state index is 11.5. The van der Waals surface area contributed by atoms with Crippen LogP contribution in [-0.2, 0) is 5.75 Å². The average Bonchev–Trinajstić information content (AvgIpc) is 2.45. The normalized spacial score (nSPS) is 10.4. The number of aryl methyl sites for hydroxylation is 1. The fraction of sp³-hybridized carbons (Fsp3) is 0.235. The molecule has 2 aromatic carbocycles. The number of Topliss-reactive ketones (excluding diaryl/α,β-unsaturated/α-hetero) is 1. The fourth-order valence-electron chi connectivity index (χ4n) is 1.91. The molecule has 2 heteroatoms. The van der Waals surface area contributed by atoms with Crippen molar-refractivity contribution in [2.45, 2.75) is 30.9 Å². The molecule has 0 saturated heterocycles. The molecule has 98 valence electrons. The average molecular weight is 270 g/mol. The molecule has 0 amide bonds. The summed E-state index contributed by atoms with van der Waals surface area (Å²) in [7, 11) is 0. The van der Waals surface area contributed by atoms with Crippen molar-refractivity contribution in [3.63, 3.8) is 0 Å². The van der Waals surface area contributed by atoms with Gasteiger partial charge in [0.25, 0.3) is 0 Å². The van der Waals surface area contributed by atoms with Crippen LogP contribution in [0.2, 0.25) is 0 Å². The summed E-state index contributed by atoms with van der Waals surface area (Å²) in [4.78, 5) is 12.7. The lowest BCUT2D eigenvalue weighted by Crippen LogP contribution is -1.95. The molecule has 0 aliphatic carbocycles. The predicted octanol–water partition coefficient (Wildman–Crippen LogP) is 4.88. The van der Waals surface area contributed by atoms with Gasteiger partial charge in [0.2, 0.25) is 0 Å². The molecule has 0 N–H and O–H groups in total. The zero-order chi connectivity index (χ0) is 13.7. The summed E-state index contributed by atoms with van der Waals surface area (Å²) in [5, 5.41) is 0. The third kappa shape index (κ3) is 3.97. The Morgan fingerprint density at radius 2 is 1.84 bits per heavy atom. The molecule has 0 heterocycles. The zero-order valence-electron chi connectivity index (χ0n) is 11.3. The van der Waals surface area contributed by atoms with Crippen LogP contribution in [0.4, 0.5) is 0 Å². The summed E-state index contributed by atoms with van der Waals surface area (Å²) in [6.45, 7) is 4.00. The van der Waals surface area contributed by atoms with Gasteiger partial charge in [0.15, 0.2) is 5.78 Å². The van der Waals surface area contributed by atoms with E-state index in [-0.39, 0.29) is 5.78 Å². The first-order chi connectivity index (χ1) is 9.19. The predicted molar refractivity (Wildman–Crippen MR) is 81.8 cm³/mol. The highest BCUT2D eigenvalue weighted by molar-refractivity contribution is 7.98. The number of benzene rings is 2. The van der Waals surface area contributed by atoms with E-state index in [0.717, 1.165) is 11.3 Å². The molecule has 0 fully saturated rings. The number of hydrogen-bond donors (Lipinski definition) is 0. The molecule has 0 saturated carbocycles. The Morgan fingerprint density at radius 1 is 1.11 bits per heavy atom. The van der Waals surface area contributed by atoms with E-state index in [0.29, 0.717) is 6.42 Å². The minimum absolute atomic E-state index is 0.204. The second kappa shape index (κ2) is 6.58. The quantitative estimate of drug-likeness (QED) is 0.569. The Labute approximate surface area is 119 Å². The van der Waals surface area contributed by atoms with Gasteiger partial charge in [0, 0.05) is 22.6 Å². The summed E-state index contributed by atoms with van der Waals surface area (Å²) in [6.07, 6.45) is 0.565. The first-order valence-corrected chi connectivity index (χ1v) is 7.49. The van der Waals surface area contributed by atoms with Crippen LogP contribution in [0.25, 0.3) is 0 Å². The number of rotatable bonds is 5. The van der Waals surface area contributed by atoms with E-state index >= 15 is 0 Å². The number of carbonyl (C=O) groups excluding carboxylic acids is 1. The molecular weight excluding hydrogens is 252 g/mol. The molecule has 0 unspecified atom stereocenters. The third-order valence-corrected chi connectivity index (χ3v) is 4.07. The van der Waals surface area contributed by atoms with Gasteiger partial charge in [-0.3, -0.25) is 4.79 Å². The second-order valence-corrected chi connectivity index (χ2v) is 5.63. The van der Waals surface area contributed by atoms with E-state index < -0.39 is 0 Å². The standard InChI is InChI=1S/C17H18OS/c1-3-17(18)15-7-9-16(10-8-15)19-12-14-6-4-5-13(2)11-14/h4-11H,3,12H2,1-2H3. The van der Waals surface area contributed by atoms with E-state index in [9.17, 15) is 4.79 Å². The maximum atomic E-state index is 11.5. The highest BCUT2D eigenvalue weighted by atomic mass is 32.2. The maximum Gasteiger partial charge on any atom is 0.162 e. The van der Waals surface area contributed by atoms with Gasteiger partial charge >= 0.3 is 0 Å². The Morgan fingerprint density at radius 3 is 2.47 bits per heavy atom. The molecule has 19 heavy (non-hydrogen) atoms. The Balaban J connectivity index is 1.98. The van der Waals surface area contributed by atoms with Crippen LogP contribution in [0.3, 0.4) is 0 Å². The molecule has 0 atom stereocenters. The first-order valence-electron chi connectivity index (χ1n) is 6.50. The van der Waals surface area contributed by atoms with Crippen molar-refractivity contribution < 1.29 is 4.79 Å². The number of carbonyl (C=O) groups is 1. The van der Waals surface area contributed by atoms with Crippen molar-refractivity contribution in [2.75, 3.05) is 0 Å². The summed E-state index contributed by atoms with van der Waals surface area (Å²) in [5.74, 6) is 1.16. The van der Waals surface area contributed by atoms with Crippen LogP contribution in [0.5, 0.6) is 0 Å². The molecule has 2 rings (SSSR count). The molecule has 0 aliphatic rings. The highest BCUT2D eigenvalue weighted by Crippen LogP contribution is 2.23. The Bertz CT molecular complexity index is 558. The van der Waals surface area contributed by atoms with Crippen molar-refractivity contribution in [1.82, 2.24) is 0 Å².